The molecule has 0 unspecified atom stereocenters. The fourth-order valence-electron chi connectivity index (χ4n) is 2.56. The maximum absolute atomic E-state index is 13.2. The maximum Gasteiger partial charge on any atom is 0.190 e. The van der Waals surface area contributed by atoms with Gasteiger partial charge in [0, 0.05) is 19.0 Å². The Hall–Kier alpha value is -2.44. The Morgan fingerprint density at radius 2 is 1.81 bits per heavy atom. The van der Waals surface area contributed by atoms with Crippen molar-refractivity contribution in [1.29, 1.82) is 0 Å². The second kappa shape index (κ2) is 8.78. The van der Waals surface area contributed by atoms with Crippen LogP contribution < -0.4 is 9.54 Å². The van der Waals surface area contributed by atoms with E-state index in [4.69, 9.17) is 14.5 Å². The van der Waals surface area contributed by atoms with Gasteiger partial charge in [0.05, 0.1) is 24.6 Å². The summed E-state index contributed by atoms with van der Waals surface area (Å²) in [6.07, 6.45) is 0. The second-order valence-electron chi connectivity index (χ2n) is 5.59. The zero-order chi connectivity index (χ0) is 18.4. The van der Waals surface area contributed by atoms with Gasteiger partial charge in [0.15, 0.2) is 4.80 Å². The first-order valence-electron chi connectivity index (χ1n) is 8.42. The van der Waals surface area contributed by atoms with E-state index in [0.717, 1.165) is 27.5 Å². The molecule has 0 atom stereocenters. The lowest BCUT2D eigenvalue weighted by Gasteiger charge is -2.09. The van der Waals surface area contributed by atoms with Crippen molar-refractivity contribution in [1.82, 2.24) is 4.57 Å². The van der Waals surface area contributed by atoms with Gasteiger partial charge in [0.2, 0.25) is 0 Å². The monoisotopic (exact) mass is 372 g/mol. The van der Waals surface area contributed by atoms with E-state index in [1.807, 2.05) is 36.6 Å². The van der Waals surface area contributed by atoms with E-state index in [0.29, 0.717) is 19.8 Å². The third-order valence-corrected chi connectivity index (χ3v) is 4.69. The number of hydrogen-bond donors (Lipinski definition) is 0. The number of aromatic nitrogens is 1. The highest BCUT2D eigenvalue weighted by Crippen LogP contribution is 2.22. The minimum atomic E-state index is -0.244. The highest BCUT2D eigenvalue weighted by molar-refractivity contribution is 7.07. The highest BCUT2D eigenvalue weighted by Gasteiger charge is 2.08. The molecule has 0 amide bonds. The van der Waals surface area contributed by atoms with E-state index in [1.165, 1.54) is 12.1 Å². The van der Waals surface area contributed by atoms with Crippen molar-refractivity contribution < 1.29 is 13.9 Å². The van der Waals surface area contributed by atoms with Crippen LogP contribution in [0, 0.1) is 5.82 Å². The van der Waals surface area contributed by atoms with Gasteiger partial charge in [-0.2, -0.15) is 0 Å². The highest BCUT2D eigenvalue weighted by atomic mass is 32.1. The van der Waals surface area contributed by atoms with Crippen LogP contribution in [0.25, 0.3) is 11.3 Å². The number of halogens is 1. The zero-order valence-electron chi connectivity index (χ0n) is 14.8. The second-order valence-corrected chi connectivity index (χ2v) is 6.43. The van der Waals surface area contributed by atoms with Gasteiger partial charge in [0.1, 0.15) is 11.6 Å². The van der Waals surface area contributed by atoms with E-state index in [-0.39, 0.29) is 5.82 Å². The molecule has 1 aromatic heterocycles. The third kappa shape index (κ3) is 4.39. The largest absolute Gasteiger partial charge is 0.494 e. The molecule has 0 aliphatic carbocycles. The normalized spacial score (nSPS) is 11.7. The van der Waals surface area contributed by atoms with Gasteiger partial charge in [-0.05, 0) is 61.0 Å². The third-order valence-electron chi connectivity index (χ3n) is 3.83. The Kier molecular flexibility index (Phi) is 6.20. The molecular weight excluding hydrogens is 351 g/mol. The van der Waals surface area contributed by atoms with Gasteiger partial charge in [0.25, 0.3) is 0 Å². The molecule has 4 nitrogen and oxygen atoms in total. The Labute approximate surface area is 156 Å². The summed E-state index contributed by atoms with van der Waals surface area (Å²) < 4.78 is 26.0. The molecule has 0 N–H and O–H groups in total. The van der Waals surface area contributed by atoms with Gasteiger partial charge >= 0.3 is 0 Å². The quantitative estimate of drug-likeness (QED) is 0.606. The molecule has 0 aliphatic rings. The van der Waals surface area contributed by atoms with Crippen molar-refractivity contribution >= 4 is 17.0 Å². The summed E-state index contributed by atoms with van der Waals surface area (Å²) in [6, 6.07) is 14.2. The lowest BCUT2D eigenvalue weighted by atomic mass is 10.2. The van der Waals surface area contributed by atoms with Gasteiger partial charge in [-0.3, -0.25) is 0 Å². The van der Waals surface area contributed by atoms with Crippen molar-refractivity contribution in [2.45, 2.75) is 13.5 Å². The van der Waals surface area contributed by atoms with Crippen LogP contribution in [0.4, 0.5) is 10.1 Å². The van der Waals surface area contributed by atoms with Crippen LogP contribution in [-0.4, -0.2) is 24.9 Å². The number of rotatable bonds is 7. The first-order chi connectivity index (χ1) is 12.7. The van der Waals surface area contributed by atoms with E-state index in [1.54, 1.807) is 30.6 Å². The molecular formula is C20H21FN2O2S. The molecule has 0 bridgehead atoms. The molecule has 0 fully saturated rings. The first-order valence-corrected chi connectivity index (χ1v) is 9.30. The van der Waals surface area contributed by atoms with Crippen molar-refractivity contribution in [2.75, 3.05) is 20.3 Å². The fraction of sp³-hybridized carbons (Fsp3) is 0.250. The van der Waals surface area contributed by atoms with Crippen molar-refractivity contribution in [3.8, 4) is 17.0 Å². The predicted octanol–water partition coefficient (Wildman–Crippen LogP) is 4.63. The number of benzene rings is 2. The molecule has 3 rings (SSSR count). The van der Waals surface area contributed by atoms with E-state index in [9.17, 15) is 4.39 Å². The van der Waals surface area contributed by atoms with Crippen LogP contribution in [-0.2, 0) is 11.3 Å². The van der Waals surface area contributed by atoms with E-state index < -0.39 is 0 Å². The summed E-state index contributed by atoms with van der Waals surface area (Å²) in [4.78, 5) is 5.62. The van der Waals surface area contributed by atoms with Crippen LogP contribution in [0.5, 0.6) is 5.75 Å². The van der Waals surface area contributed by atoms with Crippen molar-refractivity contribution in [2.24, 2.45) is 4.99 Å². The van der Waals surface area contributed by atoms with Crippen LogP contribution in [0.1, 0.15) is 6.92 Å². The molecule has 0 radical (unpaired) electrons. The van der Waals surface area contributed by atoms with Crippen LogP contribution in [0.15, 0.2) is 58.9 Å². The van der Waals surface area contributed by atoms with E-state index >= 15 is 0 Å². The molecule has 136 valence electrons. The average molecular weight is 372 g/mol. The minimum Gasteiger partial charge on any atom is -0.494 e. The summed E-state index contributed by atoms with van der Waals surface area (Å²) in [7, 11) is 1.67. The number of thiazole rings is 1. The Balaban J connectivity index is 1.99. The lowest BCUT2D eigenvalue weighted by Crippen LogP contribution is -2.18. The SMILES string of the molecule is CCOc1ccc(N=c2scc(-c3ccc(F)cc3)n2CCOC)cc1. The fourth-order valence-corrected chi connectivity index (χ4v) is 3.52. The van der Waals surface area contributed by atoms with Crippen LogP contribution in [0.2, 0.25) is 0 Å². The number of methoxy groups -OCH3 is 1. The van der Waals surface area contributed by atoms with E-state index in [2.05, 4.69) is 4.57 Å². The van der Waals surface area contributed by atoms with Gasteiger partial charge in [-0.15, -0.1) is 11.3 Å². The topological polar surface area (TPSA) is 35.8 Å². The van der Waals surface area contributed by atoms with Crippen molar-refractivity contribution in [3.05, 3.63) is 64.5 Å². The van der Waals surface area contributed by atoms with Gasteiger partial charge < -0.3 is 14.0 Å². The zero-order valence-corrected chi connectivity index (χ0v) is 15.6. The smallest absolute Gasteiger partial charge is 0.190 e. The molecule has 2 aromatic carbocycles. The standard InChI is InChI=1S/C20H21FN2O2S/c1-3-25-18-10-8-17(9-11-18)22-20-23(12-13-24-2)19(14-26-20)15-4-6-16(21)7-5-15/h4-11,14H,3,12-13H2,1-2H3. The molecule has 3 aromatic rings. The molecule has 26 heavy (non-hydrogen) atoms. The summed E-state index contributed by atoms with van der Waals surface area (Å²) in [5.41, 5.74) is 2.80. The first kappa shape index (κ1) is 18.4. The maximum atomic E-state index is 13.2. The molecule has 0 saturated carbocycles. The minimum absolute atomic E-state index is 0.244. The average Bonchev–Trinajstić information content (AvgIpc) is 3.05. The Morgan fingerprint density at radius 3 is 2.46 bits per heavy atom. The Bertz CT molecular complexity index is 899. The summed E-state index contributed by atoms with van der Waals surface area (Å²) >= 11 is 1.55. The summed E-state index contributed by atoms with van der Waals surface area (Å²) in [6.45, 7) is 3.84. The summed E-state index contributed by atoms with van der Waals surface area (Å²) in [5, 5.41) is 2.04. The molecule has 0 aliphatic heterocycles. The predicted molar refractivity (Wildman–Crippen MR) is 102 cm³/mol. The van der Waals surface area contributed by atoms with Crippen LogP contribution >= 0.6 is 11.3 Å². The molecule has 0 spiro atoms. The van der Waals surface area contributed by atoms with Crippen molar-refractivity contribution in [3.63, 3.8) is 0 Å². The van der Waals surface area contributed by atoms with Gasteiger partial charge in [-0.1, -0.05) is 0 Å². The molecule has 6 heteroatoms. The molecule has 1 heterocycles. The Morgan fingerprint density at radius 1 is 1.08 bits per heavy atom. The van der Waals surface area contributed by atoms with Gasteiger partial charge in [-0.25, -0.2) is 9.38 Å². The number of hydrogen-bond acceptors (Lipinski definition) is 4. The lowest BCUT2D eigenvalue weighted by molar-refractivity contribution is 0.187. The molecule has 0 saturated heterocycles. The van der Waals surface area contributed by atoms with Crippen LogP contribution in [0.3, 0.4) is 0 Å². The number of ether oxygens (including phenoxy) is 2. The number of nitrogens with zero attached hydrogens (tertiary/aromatic N) is 2. The summed E-state index contributed by atoms with van der Waals surface area (Å²) in [5.74, 6) is 0.587.